The summed E-state index contributed by atoms with van der Waals surface area (Å²) in [5, 5.41) is 10.5. The molecule has 3 aromatic rings. The van der Waals surface area contributed by atoms with Gasteiger partial charge in [0.2, 0.25) is 3.79 Å². The van der Waals surface area contributed by atoms with Crippen molar-refractivity contribution >= 4 is 45.8 Å². The van der Waals surface area contributed by atoms with Crippen LogP contribution in [0, 0.1) is 0 Å². The predicted octanol–water partition coefficient (Wildman–Crippen LogP) is 4.43. The second-order valence-corrected chi connectivity index (χ2v) is 7.38. The van der Waals surface area contributed by atoms with Crippen LogP contribution in [0.2, 0.25) is 0 Å². The third-order valence-electron chi connectivity index (χ3n) is 3.51. The zero-order valence-electron chi connectivity index (χ0n) is 11.4. The molecule has 0 radical (unpaired) electrons. The number of rotatable bonds is 3. The van der Waals surface area contributed by atoms with Crippen molar-refractivity contribution in [3.8, 4) is 0 Å². The van der Waals surface area contributed by atoms with Gasteiger partial charge in [0.1, 0.15) is 11.9 Å². The number of aliphatic hydroxyl groups excluding tert-OH is 1. The minimum Gasteiger partial charge on any atom is -0.388 e. The molecule has 2 N–H and O–H groups in total. The summed E-state index contributed by atoms with van der Waals surface area (Å²) in [6, 6.07) is 17.0. The number of para-hydroxylation sites is 2. The summed E-state index contributed by atoms with van der Waals surface area (Å²) < 4.78 is -1.82. The molecule has 2 aromatic carbocycles. The Labute approximate surface area is 142 Å². The molecular weight excluding hydrogens is 343 g/mol. The van der Waals surface area contributed by atoms with Crippen molar-refractivity contribution in [1.82, 2.24) is 9.97 Å². The van der Waals surface area contributed by atoms with E-state index in [1.807, 2.05) is 54.6 Å². The molecule has 0 saturated carbocycles. The molecule has 1 aromatic heterocycles. The summed E-state index contributed by atoms with van der Waals surface area (Å²) in [5.41, 5.74) is 2.49. The van der Waals surface area contributed by atoms with Crippen molar-refractivity contribution in [2.45, 2.75) is 15.8 Å². The van der Waals surface area contributed by atoms with Gasteiger partial charge in [-0.15, -0.1) is 0 Å². The van der Waals surface area contributed by atoms with E-state index in [-0.39, 0.29) is 0 Å². The van der Waals surface area contributed by atoms with Crippen LogP contribution in [0.1, 0.15) is 17.3 Å². The normalized spacial score (nSPS) is 14.9. The van der Waals surface area contributed by atoms with Crippen LogP contribution < -0.4 is 0 Å². The monoisotopic (exact) mass is 354 g/mol. The molecule has 0 aliphatic rings. The lowest BCUT2D eigenvalue weighted by Gasteiger charge is -2.27. The lowest BCUT2D eigenvalue weighted by atomic mass is 9.93. The fourth-order valence-corrected chi connectivity index (χ4v) is 2.84. The Balaban J connectivity index is 2.12. The SMILES string of the molecule is O[C@@H]([C@H](c1ccccc1)c1nc2ccccc2[nH]1)C(Cl)(Cl)Cl. The number of aromatic amines is 1. The molecule has 0 fully saturated rings. The van der Waals surface area contributed by atoms with E-state index < -0.39 is 15.8 Å². The molecule has 0 aliphatic carbocycles. The van der Waals surface area contributed by atoms with Gasteiger partial charge in [-0.05, 0) is 17.7 Å². The van der Waals surface area contributed by atoms with Crippen molar-refractivity contribution in [2.24, 2.45) is 0 Å². The largest absolute Gasteiger partial charge is 0.388 e. The molecule has 0 bridgehead atoms. The van der Waals surface area contributed by atoms with Crippen LogP contribution >= 0.6 is 34.8 Å². The molecule has 0 spiro atoms. The molecule has 0 aliphatic heterocycles. The second-order valence-electron chi connectivity index (χ2n) is 5.01. The Morgan fingerprint density at radius 1 is 0.955 bits per heavy atom. The molecule has 6 heteroatoms. The number of H-pyrrole nitrogens is 1. The lowest BCUT2D eigenvalue weighted by molar-refractivity contribution is 0.158. The minimum atomic E-state index is -1.82. The fourth-order valence-electron chi connectivity index (χ4n) is 2.46. The summed E-state index contributed by atoms with van der Waals surface area (Å²) in [7, 11) is 0. The minimum absolute atomic E-state index is 0.561. The zero-order chi connectivity index (χ0) is 15.7. The maximum absolute atomic E-state index is 10.5. The summed E-state index contributed by atoms with van der Waals surface area (Å²) in [6.07, 6.45) is -1.24. The Bertz CT molecular complexity index is 735. The van der Waals surface area contributed by atoms with Crippen molar-refractivity contribution in [1.29, 1.82) is 0 Å². The number of nitrogens with one attached hydrogen (secondary N) is 1. The Hall–Kier alpha value is -1.26. The first-order chi connectivity index (χ1) is 10.5. The first kappa shape index (κ1) is 15.6. The number of aromatic nitrogens is 2. The highest BCUT2D eigenvalue weighted by Gasteiger charge is 2.40. The molecule has 3 nitrogen and oxygen atoms in total. The fraction of sp³-hybridized carbons (Fsp3) is 0.188. The predicted molar refractivity (Wildman–Crippen MR) is 90.7 cm³/mol. The van der Waals surface area contributed by atoms with Crippen LogP contribution in [0.4, 0.5) is 0 Å². The summed E-state index contributed by atoms with van der Waals surface area (Å²) in [6.45, 7) is 0. The van der Waals surface area contributed by atoms with Crippen LogP contribution in [0.3, 0.4) is 0 Å². The van der Waals surface area contributed by atoms with Crippen molar-refractivity contribution < 1.29 is 5.11 Å². The molecule has 0 unspecified atom stereocenters. The van der Waals surface area contributed by atoms with Gasteiger partial charge in [-0.1, -0.05) is 77.3 Å². The number of alkyl halides is 3. The van der Waals surface area contributed by atoms with Gasteiger partial charge in [0.05, 0.1) is 17.0 Å². The summed E-state index contributed by atoms with van der Waals surface area (Å²) in [4.78, 5) is 7.73. The van der Waals surface area contributed by atoms with E-state index in [1.165, 1.54) is 0 Å². The third kappa shape index (κ3) is 3.08. The topological polar surface area (TPSA) is 48.9 Å². The molecule has 0 saturated heterocycles. The van der Waals surface area contributed by atoms with Gasteiger partial charge in [-0.2, -0.15) is 0 Å². The number of imidazole rings is 1. The van der Waals surface area contributed by atoms with E-state index in [2.05, 4.69) is 9.97 Å². The average Bonchev–Trinajstić information content (AvgIpc) is 2.91. The van der Waals surface area contributed by atoms with Crippen LogP contribution in [-0.4, -0.2) is 25.0 Å². The van der Waals surface area contributed by atoms with E-state index in [1.54, 1.807) is 0 Å². The number of hydrogen-bond donors (Lipinski definition) is 2. The number of aliphatic hydroxyl groups is 1. The maximum atomic E-state index is 10.5. The zero-order valence-corrected chi connectivity index (χ0v) is 13.6. The van der Waals surface area contributed by atoms with Gasteiger partial charge in [-0.25, -0.2) is 4.98 Å². The van der Waals surface area contributed by atoms with Crippen LogP contribution in [0.15, 0.2) is 54.6 Å². The van der Waals surface area contributed by atoms with E-state index >= 15 is 0 Å². The van der Waals surface area contributed by atoms with Crippen LogP contribution in [-0.2, 0) is 0 Å². The van der Waals surface area contributed by atoms with Crippen LogP contribution in [0.25, 0.3) is 11.0 Å². The smallest absolute Gasteiger partial charge is 0.217 e. The molecule has 114 valence electrons. The van der Waals surface area contributed by atoms with Gasteiger partial charge in [-0.3, -0.25) is 0 Å². The van der Waals surface area contributed by atoms with Crippen LogP contribution in [0.5, 0.6) is 0 Å². The van der Waals surface area contributed by atoms with Crippen molar-refractivity contribution in [3.63, 3.8) is 0 Å². The van der Waals surface area contributed by atoms with Crippen molar-refractivity contribution in [2.75, 3.05) is 0 Å². The number of benzene rings is 2. The quantitative estimate of drug-likeness (QED) is 0.683. The third-order valence-corrected chi connectivity index (χ3v) is 4.18. The molecule has 0 amide bonds. The standard InChI is InChI=1S/C16H13Cl3N2O/c17-16(18,19)14(22)13(10-6-2-1-3-7-10)15-20-11-8-4-5-9-12(11)21-15/h1-9,13-14,22H,(H,20,21)/t13-,14-/m0/s1. The van der Waals surface area contributed by atoms with E-state index in [4.69, 9.17) is 34.8 Å². The molecule has 2 atom stereocenters. The maximum Gasteiger partial charge on any atom is 0.217 e. The van der Waals surface area contributed by atoms with Gasteiger partial charge in [0, 0.05) is 0 Å². The average molecular weight is 356 g/mol. The van der Waals surface area contributed by atoms with E-state index in [9.17, 15) is 5.11 Å². The highest BCUT2D eigenvalue weighted by atomic mass is 35.6. The number of fused-ring (bicyclic) bond motifs is 1. The second kappa shape index (κ2) is 6.09. The molecule has 3 rings (SSSR count). The number of hydrogen-bond acceptors (Lipinski definition) is 2. The Morgan fingerprint density at radius 3 is 2.23 bits per heavy atom. The highest BCUT2D eigenvalue weighted by Crippen LogP contribution is 2.40. The first-order valence-electron chi connectivity index (χ1n) is 6.71. The first-order valence-corrected chi connectivity index (χ1v) is 7.84. The highest BCUT2D eigenvalue weighted by molar-refractivity contribution is 6.68. The molecule has 22 heavy (non-hydrogen) atoms. The van der Waals surface area contributed by atoms with Gasteiger partial charge < -0.3 is 10.1 Å². The number of halogens is 3. The van der Waals surface area contributed by atoms with Gasteiger partial charge in [0.15, 0.2) is 0 Å². The molecular formula is C16H13Cl3N2O. The van der Waals surface area contributed by atoms with E-state index in [0.717, 1.165) is 16.6 Å². The Morgan fingerprint density at radius 2 is 1.59 bits per heavy atom. The molecule has 1 heterocycles. The lowest BCUT2D eigenvalue weighted by Crippen LogP contribution is -2.33. The number of nitrogens with zero attached hydrogens (tertiary/aromatic N) is 1. The van der Waals surface area contributed by atoms with Gasteiger partial charge in [0.25, 0.3) is 0 Å². The van der Waals surface area contributed by atoms with E-state index in [0.29, 0.717) is 5.82 Å². The van der Waals surface area contributed by atoms with Crippen molar-refractivity contribution in [3.05, 3.63) is 66.0 Å². The summed E-state index contributed by atoms with van der Waals surface area (Å²) in [5.74, 6) is -0.00711. The Kier molecular flexibility index (Phi) is 4.33. The summed E-state index contributed by atoms with van der Waals surface area (Å²) >= 11 is 17.7. The van der Waals surface area contributed by atoms with Gasteiger partial charge >= 0.3 is 0 Å².